The van der Waals surface area contributed by atoms with Gasteiger partial charge in [0, 0.05) is 28.9 Å². The minimum Gasteiger partial charge on any atom is -0.324 e. The quantitative estimate of drug-likeness (QED) is 0.868. The van der Waals surface area contributed by atoms with Crippen LogP contribution in [-0.4, -0.2) is 15.0 Å². The van der Waals surface area contributed by atoms with Crippen LogP contribution in [0, 0.1) is 12.3 Å². The molecule has 0 amide bonds. The third kappa shape index (κ3) is 2.40. The van der Waals surface area contributed by atoms with Gasteiger partial charge in [0.05, 0.1) is 5.01 Å². The predicted molar refractivity (Wildman–Crippen MR) is 76.9 cm³/mol. The third-order valence-corrected chi connectivity index (χ3v) is 4.34. The Morgan fingerprint density at radius 3 is 2.84 bits per heavy atom. The SMILES string of the molecule is Cc1nc(-c2ncc3c(n2)CC(C)(C)CC3N)cs1. The van der Waals surface area contributed by atoms with Gasteiger partial charge in [-0.3, -0.25) is 0 Å². The van der Waals surface area contributed by atoms with E-state index >= 15 is 0 Å². The van der Waals surface area contributed by atoms with Crippen LogP contribution >= 0.6 is 11.3 Å². The van der Waals surface area contributed by atoms with Gasteiger partial charge >= 0.3 is 0 Å². The molecule has 1 aliphatic carbocycles. The fourth-order valence-corrected chi connectivity index (χ4v) is 3.29. The molecule has 1 atom stereocenters. The largest absolute Gasteiger partial charge is 0.324 e. The van der Waals surface area contributed by atoms with Crippen LogP contribution in [0.4, 0.5) is 0 Å². The highest BCUT2D eigenvalue weighted by molar-refractivity contribution is 7.09. The summed E-state index contributed by atoms with van der Waals surface area (Å²) in [6.07, 6.45) is 3.82. The molecule has 0 spiro atoms. The molecule has 1 unspecified atom stereocenters. The van der Waals surface area contributed by atoms with Gasteiger partial charge in [0.1, 0.15) is 5.69 Å². The van der Waals surface area contributed by atoms with Crippen LogP contribution < -0.4 is 5.73 Å². The van der Waals surface area contributed by atoms with E-state index < -0.39 is 0 Å². The lowest BCUT2D eigenvalue weighted by atomic mass is 9.74. The second-order valence-corrected chi connectivity index (χ2v) is 7.06. The molecule has 0 bridgehead atoms. The van der Waals surface area contributed by atoms with Gasteiger partial charge in [-0.15, -0.1) is 11.3 Å². The van der Waals surface area contributed by atoms with Crippen LogP contribution in [0.1, 0.15) is 42.6 Å². The normalized spacial score (nSPS) is 21.2. The lowest BCUT2D eigenvalue weighted by Crippen LogP contribution is -2.30. The number of fused-ring (bicyclic) bond motifs is 1. The van der Waals surface area contributed by atoms with Crippen LogP contribution in [0.2, 0.25) is 0 Å². The summed E-state index contributed by atoms with van der Waals surface area (Å²) in [5.41, 5.74) is 9.46. The van der Waals surface area contributed by atoms with Crippen LogP contribution in [0.3, 0.4) is 0 Å². The van der Waals surface area contributed by atoms with Crippen molar-refractivity contribution in [3.05, 3.63) is 27.8 Å². The van der Waals surface area contributed by atoms with Crippen LogP contribution in [0.5, 0.6) is 0 Å². The van der Waals surface area contributed by atoms with E-state index in [-0.39, 0.29) is 11.5 Å². The number of aryl methyl sites for hydroxylation is 1. The van der Waals surface area contributed by atoms with Crippen LogP contribution in [0.15, 0.2) is 11.6 Å². The van der Waals surface area contributed by atoms with Crippen LogP contribution in [-0.2, 0) is 6.42 Å². The first-order chi connectivity index (χ1) is 8.94. The molecule has 0 saturated carbocycles. The van der Waals surface area contributed by atoms with E-state index in [1.165, 1.54) is 0 Å². The maximum Gasteiger partial charge on any atom is 0.179 e. The zero-order valence-electron chi connectivity index (χ0n) is 11.5. The predicted octanol–water partition coefficient (Wildman–Crippen LogP) is 2.88. The van der Waals surface area contributed by atoms with Crippen molar-refractivity contribution in [3.63, 3.8) is 0 Å². The minimum atomic E-state index is 0.0463. The Morgan fingerprint density at radius 1 is 1.37 bits per heavy atom. The van der Waals surface area contributed by atoms with Crippen molar-refractivity contribution in [1.29, 1.82) is 0 Å². The molecule has 1 aliphatic rings. The minimum absolute atomic E-state index is 0.0463. The Kier molecular flexibility index (Phi) is 2.91. The van der Waals surface area contributed by atoms with E-state index in [1.54, 1.807) is 11.3 Å². The summed E-state index contributed by atoms with van der Waals surface area (Å²) in [4.78, 5) is 13.6. The summed E-state index contributed by atoms with van der Waals surface area (Å²) in [6, 6.07) is 0.0463. The van der Waals surface area contributed by atoms with Crippen molar-refractivity contribution >= 4 is 11.3 Å². The number of rotatable bonds is 1. The highest BCUT2D eigenvalue weighted by atomic mass is 32.1. The number of hydrogen-bond acceptors (Lipinski definition) is 5. The fourth-order valence-electron chi connectivity index (χ4n) is 2.70. The Bertz CT molecular complexity index is 618. The van der Waals surface area contributed by atoms with Crippen molar-refractivity contribution in [1.82, 2.24) is 15.0 Å². The summed E-state index contributed by atoms with van der Waals surface area (Å²) in [5, 5.41) is 3.04. The molecule has 2 heterocycles. The molecule has 3 rings (SSSR count). The summed E-state index contributed by atoms with van der Waals surface area (Å²) in [6.45, 7) is 6.47. The molecule has 5 heteroatoms. The second-order valence-electron chi connectivity index (χ2n) is 6.00. The van der Waals surface area contributed by atoms with E-state index in [9.17, 15) is 0 Å². The summed E-state index contributed by atoms with van der Waals surface area (Å²) in [5.74, 6) is 0.716. The number of nitrogens with zero attached hydrogens (tertiary/aromatic N) is 3. The molecule has 2 N–H and O–H groups in total. The molecule has 2 aromatic rings. The Labute approximate surface area is 117 Å². The van der Waals surface area contributed by atoms with Gasteiger partial charge in [-0.1, -0.05) is 13.8 Å². The van der Waals surface area contributed by atoms with Crippen molar-refractivity contribution in [2.75, 3.05) is 0 Å². The van der Waals surface area contributed by atoms with Gasteiger partial charge < -0.3 is 5.73 Å². The second kappa shape index (κ2) is 4.35. The molecule has 19 heavy (non-hydrogen) atoms. The van der Waals surface area contributed by atoms with Crippen molar-refractivity contribution in [3.8, 4) is 11.5 Å². The zero-order chi connectivity index (χ0) is 13.6. The number of thiazole rings is 1. The lowest BCUT2D eigenvalue weighted by molar-refractivity contribution is 0.278. The smallest absolute Gasteiger partial charge is 0.179 e. The number of hydrogen-bond donors (Lipinski definition) is 1. The van der Waals surface area contributed by atoms with Crippen molar-refractivity contribution in [2.24, 2.45) is 11.1 Å². The molecular weight excluding hydrogens is 256 g/mol. The molecule has 2 aromatic heterocycles. The van der Waals surface area contributed by atoms with E-state index in [2.05, 4.69) is 23.8 Å². The van der Waals surface area contributed by atoms with E-state index in [0.29, 0.717) is 5.82 Å². The average Bonchev–Trinajstić information content (AvgIpc) is 2.73. The first-order valence-electron chi connectivity index (χ1n) is 6.48. The van der Waals surface area contributed by atoms with E-state index in [1.807, 2.05) is 18.5 Å². The summed E-state index contributed by atoms with van der Waals surface area (Å²) < 4.78 is 0. The topological polar surface area (TPSA) is 64.7 Å². The van der Waals surface area contributed by atoms with Gasteiger partial charge in [-0.2, -0.15) is 0 Å². The molecule has 4 nitrogen and oxygen atoms in total. The molecule has 0 aliphatic heterocycles. The zero-order valence-corrected chi connectivity index (χ0v) is 12.3. The van der Waals surface area contributed by atoms with Gasteiger partial charge in [0.2, 0.25) is 0 Å². The van der Waals surface area contributed by atoms with E-state index in [4.69, 9.17) is 10.7 Å². The maximum absolute atomic E-state index is 6.22. The summed E-state index contributed by atoms with van der Waals surface area (Å²) in [7, 11) is 0. The van der Waals surface area contributed by atoms with Crippen LogP contribution in [0.25, 0.3) is 11.5 Å². The summed E-state index contributed by atoms with van der Waals surface area (Å²) >= 11 is 1.62. The van der Waals surface area contributed by atoms with Gasteiger partial charge in [-0.05, 0) is 25.2 Å². The maximum atomic E-state index is 6.22. The first-order valence-corrected chi connectivity index (χ1v) is 7.36. The Balaban J connectivity index is 2.04. The molecule has 0 fully saturated rings. The molecule has 0 radical (unpaired) electrons. The van der Waals surface area contributed by atoms with Gasteiger partial charge in [0.25, 0.3) is 0 Å². The molecular formula is C14H18N4S. The molecule has 0 aromatic carbocycles. The highest BCUT2D eigenvalue weighted by Gasteiger charge is 2.31. The fraction of sp³-hybridized carbons (Fsp3) is 0.500. The van der Waals surface area contributed by atoms with Crippen molar-refractivity contribution in [2.45, 2.75) is 39.7 Å². The monoisotopic (exact) mass is 274 g/mol. The Hall–Kier alpha value is -1.33. The van der Waals surface area contributed by atoms with E-state index in [0.717, 1.165) is 34.8 Å². The first kappa shape index (κ1) is 12.7. The molecule has 0 saturated heterocycles. The van der Waals surface area contributed by atoms with Gasteiger partial charge in [0.15, 0.2) is 5.82 Å². The standard InChI is InChI=1S/C14H18N4S/c1-8-17-12(7-19-8)13-16-6-9-10(15)4-14(2,3)5-11(9)18-13/h6-7,10H,4-5,15H2,1-3H3. The number of nitrogens with two attached hydrogens (primary N) is 1. The Morgan fingerprint density at radius 2 is 2.16 bits per heavy atom. The third-order valence-electron chi connectivity index (χ3n) is 3.57. The lowest BCUT2D eigenvalue weighted by Gasteiger charge is -2.34. The van der Waals surface area contributed by atoms with Crippen molar-refractivity contribution < 1.29 is 0 Å². The molecule has 100 valence electrons. The highest BCUT2D eigenvalue weighted by Crippen LogP contribution is 2.38. The van der Waals surface area contributed by atoms with Gasteiger partial charge in [-0.25, -0.2) is 15.0 Å². The number of aromatic nitrogens is 3. The average molecular weight is 274 g/mol.